The third kappa shape index (κ3) is 3.85. The molecule has 144 valence electrons. The molecule has 0 bridgehead atoms. The number of nitrogens with one attached hydrogen (secondary N) is 1. The highest BCUT2D eigenvalue weighted by atomic mass is 16.5. The summed E-state index contributed by atoms with van der Waals surface area (Å²) < 4.78 is 7.26. The summed E-state index contributed by atoms with van der Waals surface area (Å²) in [5, 5.41) is 7.62. The minimum atomic E-state index is -0.140. The molecule has 1 aliphatic rings. The quantitative estimate of drug-likeness (QED) is 0.733. The third-order valence-electron chi connectivity index (χ3n) is 5.13. The standard InChI is InChI=1S/C20H22N6O2/c1-28-19-7-9-21-11-17(19)20(27)25-15-2-4-16(5-3-15)26-12-14(10-24-26)18-6-8-22-13-23-18/h6-13,15-16H,2-5H2,1H3,(H,25,27). The Morgan fingerprint density at radius 1 is 1.14 bits per heavy atom. The van der Waals surface area contributed by atoms with Gasteiger partial charge in [-0.15, -0.1) is 0 Å². The average Bonchev–Trinajstić information content (AvgIpc) is 3.25. The van der Waals surface area contributed by atoms with Gasteiger partial charge in [0, 0.05) is 36.4 Å². The molecule has 8 heteroatoms. The molecule has 1 fully saturated rings. The zero-order chi connectivity index (χ0) is 19.3. The molecule has 8 nitrogen and oxygen atoms in total. The Kier molecular flexibility index (Phi) is 5.27. The molecule has 0 atom stereocenters. The number of amides is 1. The maximum absolute atomic E-state index is 12.5. The number of rotatable bonds is 5. The highest BCUT2D eigenvalue weighted by Gasteiger charge is 2.25. The van der Waals surface area contributed by atoms with Gasteiger partial charge in [0.15, 0.2) is 0 Å². The van der Waals surface area contributed by atoms with Crippen molar-refractivity contribution in [1.29, 1.82) is 0 Å². The van der Waals surface area contributed by atoms with Crippen molar-refractivity contribution in [2.45, 2.75) is 37.8 Å². The van der Waals surface area contributed by atoms with Gasteiger partial charge in [-0.05, 0) is 37.8 Å². The molecule has 3 aromatic rings. The van der Waals surface area contributed by atoms with E-state index < -0.39 is 0 Å². The lowest BCUT2D eigenvalue weighted by molar-refractivity contribution is 0.0918. The lowest BCUT2D eigenvalue weighted by atomic mass is 9.91. The van der Waals surface area contributed by atoms with E-state index in [4.69, 9.17) is 4.74 Å². The summed E-state index contributed by atoms with van der Waals surface area (Å²) in [4.78, 5) is 24.8. The van der Waals surface area contributed by atoms with Crippen LogP contribution in [0.5, 0.6) is 5.75 Å². The van der Waals surface area contributed by atoms with E-state index in [9.17, 15) is 4.79 Å². The van der Waals surface area contributed by atoms with Crippen LogP contribution in [0.1, 0.15) is 42.1 Å². The van der Waals surface area contributed by atoms with Crippen molar-refractivity contribution in [3.8, 4) is 17.0 Å². The topological polar surface area (TPSA) is 94.8 Å². The first-order valence-electron chi connectivity index (χ1n) is 9.34. The van der Waals surface area contributed by atoms with Crippen LogP contribution >= 0.6 is 0 Å². The molecule has 4 rings (SSSR count). The summed E-state index contributed by atoms with van der Waals surface area (Å²) in [6, 6.07) is 4.04. The van der Waals surface area contributed by atoms with E-state index >= 15 is 0 Å². The van der Waals surface area contributed by atoms with Gasteiger partial charge >= 0.3 is 0 Å². The molecule has 1 N–H and O–H groups in total. The van der Waals surface area contributed by atoms with Crippen LogP contribution in [-0.2, 0) is 0 Å². The molecule has 3 heterocycles. The number of aromatic nitrogens is 5. The second-order valence-electron chi connectivity index (χ2n) is 6.86. The predicted octanol–water partition coefficient (Wildman–Crippen LogP) is 2.66. The zero-order valence-corrected chi connectivity index (χ0v) is 15.7. The largest absolute Gasteiger partial charge is 0.496 e. The molecule has 0 aromatic carbocycles. The molecule has 1 amide bonds. The third-order valence-corrected chi connectivity index (χ3v) is 5.13. The summed E-state index contributed by atoms with van der Waals surface area (Å²) in [6.07, 6.45) is 14.0. The molecule has 0 aliphatic heterocycles. The summed E-state index contributed by atoms with van der Waals surface area (Å²) in [5.74, 6) is 0.397. The van der Waals surface area contributed by atoms with Gasteiger partial charge in [0.2, 0.25) is 0 Å². The van der Waals surface area contributed by atoms with Crippen LogP contribution in [0.2, 0.25) is 0 Å². The van der Waals surface area contributed by atoms with Crippen LogP contribution in [0.3, 0.4) is 0 Å². The Morgan fingerprint density at radius 2 is 1.96 bits per heavy atom. The van der Waals surface area contributed by atoms with Crippen LogP contribution in [0, 0.1) is 0 Å². The highest BCUT2D eigenvalue weighted by molar-refractivity contribution is 5.96. The number of carbonyl (C=O) groups is 1. The zero-order valence-electron chi connectivity index (χ0n) is 15.7. The Morgan fingerprint density at radius 3 is 2.71 bits per heavy atom. The van der Waals surface area contributed by atoms with Crippen LogP contribution in [0.4, 0.5) is 0 Å². The van der Waals surface area contributed by atoms with E-state index in [2.05, 4.69) is 25.4 Å². The van der Waals surface area contributed by atoms with Crippen LogP contribution in [0.25, 0.3) is 11.3 Å². The number of ether oxygens (including phenoxy) is 1. The van der Waals surface area contributed by atoms with Crippen LogP contribution < -0.4 is 10.1 Å². The number of hydrogen-bond acceptors (Lipinski definition) is 6. The normalized spacial score (nSPS) is 19.2. The van der Waals surface area contributed by atoms with Crippen molar-refractivity contribution in [2.24, 2.45) is 0 Å². The molecular weight excluding hydrogens is 356 g/mol. The molecule has 0 radical (unpaired) electrons. The van der Waals surface area contributed by atoms with E-state index in [0.717, 1.165) is 36.9 Å². The van der Waals surface area contributed by atoms with Crippen molar-refractivity contribution in [3.05, 3.63) is 55.0 Å². The lowest BCUT2D eigenvalue weighted by Gasteiger charge is -2.29. The van der Waals surface area contributed by atoms with E-state index in [1.54, 1.807) is 25.6 Å². The first-order valence-corrected chi connectivity index (χ1v) is 9.34. The van der Waals surface area contributed by atoms with Crippen molar-refractivity contribution in [2.75, 3.05) is 7.11 Å². The van der Waals surface area contributed by atoms with Crippen molar-refractivity contribution >= 4 is 5.91 Å². The molecule has 0 unspecified atom stereocenters. The average molecular weight is 378 g/mol. The van der Waals surface area contributed by atoms with E-state index in [0.29, 0.717) is 17.4 Å². The fraction of sp³-hybridized carbons (Fsp3) is 0.350. The predicted molar refractivity (Wildman–Crippen MR) is 103 cm³/mol. The Balaban J connectivity index is 1.35. The summed E-state index contributed by atoms with van der Waals surface area (Å²) >= 11 is 0. The van der Waals surface area contributed by atoms with Crippen LogP contribution in [0.15, 0.2) is 49.4 Å². The minimum Gasteiger partial charge on any atom is -0.496 e. The van der Waals surface area contributed by atoms with E-state index in [-0.39, 0.29) is 11.9 Å². The molecular formula is C20H22N6O2. The maximum atomic E-state index is 12.5. The van der Waals surface area contributed by atoms with Crippen molar-refractivity contribution in [3.63, 3.8) is 0 Å². The maximum Gasteiger partial charge on any atom is 0.256 e. The van der Waals surface area contributed by atoms with Gasteiger partial charge in [-0.25, -0.2) is 9.97 Å². The molecule has 28 heavy (non-hydrogen) atoms. The molecule has 1 saturated carbocycles. The Hall–Kier alpha value is -3.29. The second-order valence-corrected chi connectivity index (χ2v) is 6.86. The summed E-state index contributed by atoms with van der Waals surface area (Å²) in [6.45, 7) is 0. The Labute approximate surface area is 163 Å². The second kappa shape index (κ2) is 8.16. The monoisotopic (exact) mass is 378 g/mol. The fourth-order valence-corrected chi connectivity index (χ4v) is 3.61. The van der Waals surface area contributed by atoms with Crippen molar-refractivity contribution in [1.82, 2.24) is 30.0 Å². The van der Waals surface area contributed by atoms with Gasteiger partial charge in [0.05, 0.1) is 30.6 Å². The molecule has 1 aliphatic carbocycles. The smallest absolute Gasteiger partial charge is 0.256 e. The Bertz CT molecular complexity index is 935. The van der Waals surface area contributed by atoms with Crippen LogP contribution in [-0.4, -0.2) is 43.8 Å². The number of nitrogens with zero attached hydrogens (tertiary/aromatic N) is 5. The van der Waals surface area contributed by atoms with Gasteiger partial charge in [0.25, 0.3) is 5.91 Å². The number of methoxy groups -OCH3 is 1. The highest BCUT2D eigenvalue weighted by Crippen LogP contribution is 2.29. The molecule has 3 aromatic heterocycles. The lowest BCUT2D eigenvalue weighted by Crippen LogP contribution is -2.38. The summed E-state index contributed by atoms with van der Waals surface area (Å²) in [5.41, 5.74) is 2.32. The fourth-order valence-electron chi connectivity index (χ4n) is 3.61. The van der Waals surface area contributed by atoms with Gasteiger partial charge in [0.1, 0.15) is 12.1 Å². The van der Waals surface area contributed by atoms with E-state index in [1.165, 1.54) is 12.5 Å². The summed E-state index contributed by atoms with van der Waals surface area (Å²) in [7, 11) is 1.55. The van der Waals surface area contributed by atoms with Gasteiger partial charge in [-0.1, -0.05) is 0 Å². The number of pyridine rings is 1. The number of hydrogen-bond donors (Lipinski definition) is 1. The van der Waals surface area contributed by atoms with Gasteiger partial charge < -0.3 is 10.1 Å². The molecule has 0 spiro atoms. The number of carbonyl (C=O) groups excluding carboxylic acids is 1. The van der Waals surface area contributed by atoms with Gasteiger partial charge in [-0.3, -0.25) is 14.5 Å². The minimum absolute atomic E-state index is 0.140. The first-order chi connectivity index (χ1) is 13.7. The first kappa shape index (κ1) is 18.1. The van der Waals surface area contributed by atoms with Gasteiger partial charge in [-0.2, -0.15) is 5.10 Å². The van der Waals surface area contributed by atoms with Crippen molar-refractivity contribution < 1.29 is 9.53 Å². The molecule has 0 saturated heterocycles. The van der Waals surface area contributed by atoms with E-state index in [1.807, 2.05) is 23.1 Å². The SMILES string of the molecule is COc1ccncc1C(=O)NC1CCC(n2cc(-c3ccncn3)cn2)CC1.